The zero-order chi connectivity index (χ0) is 14.1. The van der Waals surface area contributed by atoms with Gasteiger partial charge >= 0.3 is 5.97 Å². The van der Waals surface area contributed by atoms with Crippen molar-refractivity contribution >= 4 is 16.9 Å². The molecular weight excluding hydrogens is 258 g/mol. The third-order valence-electron chi connectivity index (χ3n) is 3.02. The third-order valence-corrected chi connectivity index (χ3v) is 3.02. The second kappa shape index (κ2) is 4.70. The molecule has 0 saturated carbocycles. The van der Waals surface area contributed by atoms with Crippen molar-refractivity contribution < 1.29 is 19.1 Å². The molecule has 5 heteroatoms. The lowest BCUT2D eigenvalue weighted by Crippen LogP contribution is -1.97. The number of carboxylic acids is 1. The summed E-state index contributed by atoms with van der Waals surface area (Å²) in [4.78, 5) is 15.5. The second-order valence-electron chi connectivity index (χ2n) is 4.19. The molecule has 5 nitrogen and oxygen atoms in total. The minimum atomic E-state index is -1.01. The molecule has 0 radical (unpaired) electrons. The van der Waals surface area contributed by atoms with Crippen LogP contribution in [-0.4, -0.2) is 23.2 Å². The summed E-state index contributed by atoms with van der Waals surface area (Å²) >= 11 is 0. The first-order valence-corrected chi connectivity index (χ1v) is 5.96. The van der Waals surface area contributed by atoms with Gasteiger partial charge in [-0.2, -0.15) is 0 Å². The highest BCUT2D eigenvalue weighted by Crippen LogP contribution is 2.34. The zero-order valence-corrected chi connectivity index (χ0v) is 10.7. The Balaban J connectivity index is 2.28. The molecule has 1 aromatic carbocycles. The first kappa shape index (κ1) is 12.2. The van der Waals surface area contributed by atoms with Gasteiger partial charge in [-0.15, -0.1) is 0 Å². The number of nitrogens with zero attached hydrogens (tertiary/aromatic N) is 1. The lowest BCUT2D eigenvalue weighted by molar-refractivity contribution is 0.0699. The van der Waals surface area contributed by atoms with Crippen LogP contribution in [0.1, 0.15) is 10.4 Å². The Morgan fingerprint density at radius 2 is 2.15 bits per heavy atom. The van der Waals surface area contributed by atoms with Gasteiger partial charge in [0.25, 0.3) is 0 Å². The highest BCUT2D eigenvalue weighted by atomic mass is 16.5. The molecule has 0 aliphatic rings. The Morgan fingerprint density at radius 1 is 1.30 bits per heavy atom. The van der Waals surface area contributed by atoms with Gasteiger partial charge < -0.3 is 14.3 Å². The largest absolute Gasteiger partial charge is 0.493 e. The molecule has 100 valence electrons. The number of fused-ring (bicyclic) bond motifs is 1. The molecular formula is C15H11NO4. The van der Waals surface area contributed by atoms with Crippen molar-refractivity contribution in [3.05, 3.63) is 48.2 Å². The summed E-state index contributed by atoms with van der Waals surface area (Å²) in [6, 6.07) is 10.2. The Kier molecular flexibility index (Phi) is 2.87. The summed E-state index contributed by atoms with van der Waals surface area (Å²) in [5.41, 5.74) is 1.22. The number of hydrogen-bond donors (Lipinski definition) is 1. The number of hydrogen-bond acceptors (Lipinski definition) is 4. The summed E-state index contributed by atoms with van der Waals surface area (Å²) in [7, 11) is 1.51. The van der Waals surface area contributed by atoms with Crippen molar-refractivity contribution in [3.8, 4) is 17.2 Å². The quantitative estimate of drug-likeness (QED) is 0.790. The molecule has 0 aliphatic carbocycles. The van der Waals surface area contributed by atoms with E-state index in [9.17, 15) is 9.90 Å². The summed E-state index contributed by atoms with van der Waals surface area (Å²) in [5.74, 6) is -0.00851. The van der Waals surface area contributed by atoms with Gasteiger partial charge in [0.05, 0.1) is 12.7 Å². The summed E-state index contributed by atoms with van der Waals surface area (Å²) in [6.07, 6.45) is 1.65. The van der Waals surface area contributed by atoms with E-state index in [0.29, 0.717) is 28.2 Å². The molecule has 2 aromatic heterocycles. The van der Waals surface area contributed by atoms with Crippen molar-refractivity contribution in [3.63, 3.8) is 0 Å². The Bertz CT molecular complexity index is 777. The van der Waals surface area contributed by atoms with Crippen LogP contribution in [0.5, 0.6) is 5.75 Å². The van der Waals surface area contributed by atoms with Crippen molar-refractivity contribution in [2.24, 2.45) is 0 Å². The predicted molar refractivity (Wildman–Crippen MR) is 73.0 cm³/mol. The molecule has 0 aliphatic heterocycles. The molecule has 0 saturated heterocycles. The minimum Gasteiger partial charge on any atom is -0.493 e. The molecule has 0 unspecified atom stereocenters. The zero-order valence-electron chi connectivity index (χ0n) is 10.7. The number of carboxylic acid groups (broad SMARTS) is 1. The Morgan fingerprint density at radius 3 is 2.80 bits per heavy atom. The maximum atomic E-state index is 11.3. The predicted octanol–water partition coefficient (Wildman–Crippen LogP) is 3.20. The van der Waals surface area contributed by atoms with E-state index in [4.69, 9.17) is 9.15 Å². The van der Waals surface area contributed by atoms with Gasteiger partial charge in [0.1, 0.15) is 5.69 Å². The molecule has 2 heterocycles. The average molecular weight is 269 g/mol. The number of furan rings is 1. The number of benzene rings is 1. The molecule has 1 N–H and O–H groups in total. The van der Waals surface area contributed by atoms with Crippen molar-refractivity contribution in [1.29, 1.82) is 0 Å². The third kappa shape index (κ3) is 1.89. The molecule has 0 bridgehead atoms. The molecule has 0 amide bonds. The molecule has 0 fully saturated rings. The molecule has 20 heavy (non-hydrogen) atoms. The van der Waals surface area contributed by atoms with Gasteiger partial charge in [0.2, 0.25) is 0 Å². The standard InChI is InChI=1S/C15H11NO4/c1-19-12-6-5-9(15(17)18)10-8-13(20-14(10)12)11-4-2-3-7-16-11/h2-8H,1H3,(H,17,18). The van der Waals surface area contributed by atoms with E-state index in [1.165, 1.54) is 13.2 Å². The van der Waals surface area contributed by atoms with Crippen molar-refractivity contribution in [2.45, 2.75) is 0 Å². The van der Waals surface area contributed by atoms with Crippen LogP contribution < -0.4 is 4.74 Å². The lowest BCUT2D eigenvalue weighted by atomic mass is 10.1. The first-order valence-electron chi connectivity index (χ1n) is 5.96. The van der Waals surface area contributed by atoms with Crippen LogP contribution in [0.4, 0.5) is 0 Å². The minimum absolute atomic E-state index is 0.173. The molecule has 0 atom stereocenters. The summed E-state index contributed by atoms with van der Waals surface area (Å²) in [5, 5.41) is 9.73. The van der Waals surface area contributed by atoms with E-state index in [0.717, 1.165) is 0 Å². The van der Waals surface area contributed by atoms with Crippen molar-refractivity contribution in [1.82, 2.24) is 4.98 Å². The van der Waals surface area contributed by atoms with Crippen LogP contribution in [0.25, 0.3) is 22.4 Å². The van der Waals surface area contributed by atoms with Gasteiger partial charge in [-0.3, -0.25) is 4.98 Å². The fraction of sp³-hybridized carbons (Fsp3) is 0.0667. The first-order chi connectivity index (χ1) is 9.70. The van der Waals surface area contributed by atoms with Crippen molar-refractivity contribution in [2.75, 3.05) is 7.11 Å². The molecule has 3 rings (SSSR count). The van der Waals surface area contributed by atoms with Crippen LogP contribution in [0.3, 0.4) is 0 Å². The molecule has 3 aromatic rings. The van der Waals surface area contributed by atoms with Gasteiger partial charge in [0, 0.05) is 11.6 Å². The fourth-order valence-corrected chi connectivity index (χ4v) is 2.08. The number of carbonyl (C=O) groups is 1. The number of aromatic carboxylic acids is 1. The number of aromatic nitrogens is 1. The SMILES string of the molecule is COc1ccc(C(=O)O)c2cc(-c3ccccn3)oc12. The highest BCUT2D eigenvalue weighted by molar-refractivity contribution is 6.05. The van der Waals surface area contributed by atoms with Crippen LogP contribution in [0, 0.1) is 0 Å². The average Bonchev–Trinajstić information content (AvgIpc) is 2.91. The maximum absolute atomic E-state index is 11.3. The number of methoxy groups -OCH3 is 1. The van der Waals surface area contributed by atoms with E-state index in [-0.39, 0.29) is 5.56 Å². The van der Waals surface area contributed by atoms with Crippen LogP contribution in [-0.2, 0) is 0 Å². The monoisotopic (exact) mass is 269 g/mol. The van der Waals surface area contributed by atoms with Crippen LogP contribution in [0.15, 0.2) is 47.0 Å². The number of rotatable bonds is 3. The topological polar surface area (TPSA) is 72.6 Å². The Hall–Kier alpha value is -2.82. The summed E-state index contributed by atoms with van der Waals surface area (Å²) in [6.45, 7) is 0. The lowest BCUT2D eigenvalue weighted by Gasteiger charge is -2.02. The number of pyridine rings is 1. The fourth-order valence-electron chi connectivity index (χ4n) is 2.08. The van der Waals surface area contributed by atoms with Crippen LogP contribution in [0.2, 0.25) is 0 Å². The van der Waals surface area contributed by atoms with E-state index >= 15 is 0 Å². The van der Waals surface area contributed by atoms with E-state index in [1.54, 1.807) is 30.5 Å². The Labute approximate surface area is 114 Å². The smallest absolute Gasteiger partial charge is 0.336 e. The van der Waals surface area contributed by atoms with Gasteiger partial charge in [-0.25, -0.2) is 4.79 Å². The normalized spacial score (nSPS) is 10.7. The van der Waals surface area contributed by atoms with E-state index in [2.05, 4.69) is 4.98 Å². The molecule has 0 spiro atoms. The van der Waals surface area contributed by atoms with Gasteiger partial charge in [0.15, 0.2) is 17.1 Å². The van der Waals surface area contributed by atoms with Crippen LogP contribution >= 0.6 is 0 Å². The van der Waals surface area contributed by atoms with E-state index < -0.39 is 5.97 Å². The summed E-state index contributed by atoms with van der Waals surface area (Å²) < 4.78 is 10.9. The maximum Gasteiger partial charge on any atom is 0.336 e. The van der Waals surface area contributed by atoms with Gasteiger partial charge in [-0.1, -0.05) is 6.07 Å². The highest BCUT2D eigenvalue weighted by Gasteiger charge is 2.17. The van der Waals surface area contributed by atoms with Gasteiger partial charge in [-0.05, 0) is 30.3 Å². The second-order valence-corrected chi connectivity index (χ2v) is 4.19. The number of ether oxygens (including phenoxy) is 1. The van der Waals surface area contributed by atoms with E-state index in [1.807, 2.05) is 6.07 Å².